The molecule has 6 heteroatoms. The van der Waals surface area contributed by atoms with Crippen LogP contribution < -0.4 is 5.56 Å². The second-order valence-corrected chi connectivity index (χ2v) is 8.14. The van der Waals surface area contributed by atoms with Gasteiger partial charge in [-0.25, -0.2) is 4.98 Å². The zero-order valence-corrected chi connectivity index (χ0v) is 17.2. The van der Waals surface area contributed by atoms with E-state index >= 15 is 0 Å². The molecular weight excluding hydrogens is 366 g/mol. The van der Waals surface area contributed by atoms with E-state index in [9.17, 15) is 14.7 Å². The van der Waals surface area contributed by atoms with Crippen molar-refractivity contribution in [2.75, 3.05) is 13.1 Å². The van der Waals surface area contributed by atoms with Gasteiger partial charge in [0.05, 0.1) is 24.2 Å². The number of carbonyl (C=O) groups excluding carboxylic acids is 1. The van der Waals surface area contributed by atoms with Gasteiger partial charge in [0, 0.05) is 25.6 Å². The van der Waals surface area contributed by atoms with E-state index in [4.69, 9.17) is 0 Å². The normalized spacial score (nSPS) is 17.0. The Morgan fingerprint density at radius 3 is 2.52 bits per heavy atom. The summed E-state index contributed by atoms with van der Waals surface area (Å²) < 4.78 is 1.43. The lowest BCUT2D eigenvalue weighted by atomic mass is 9.90. The van der Waals surface area contributed by atoms with E-state index in [0.717, 1.165) is 11.1 Å². The van der Waals surface area contributed by atoms with Gasteiger partial charge >= 0.3 is 0 Å². The summed E-state index contributed by atoms with van der Waals surface area (Å²) in [6.07, 6.45) is 2.79. The lowest BCUT2D eigenvalue weighted by Gasteiger charge is -2.38. The number of amides is 1. The number of benzene rings is 1. The molecule has 6 nitrogen and oxygen atoms in total. The smallest absolute Gasteiger partial charge is 0.253 e. The number of allylic oxidation sites excluding steroid dienone is 1. The summed E-state index contributed by atoms with van der Waals surface area (Å²) in [5.41, 5.74) is 1.22. The van der Waals surface area contributed by atoms with Gasteiger partial charge in [-0.2, -0.15) is 0 Å². The summed E-state index contributed by atoms with van der Waals surface area (Å²) in [5, 5.41) is 10.9. The molecule has 1 aliphatic heterocycles. The van der Waals surface area contributed by atoms with Gasteiger partial charge in [-0.1, -0.05) is 43.8 Å². The molecule has 3 rings (SSSR count). The monoisotopic (exact) mass is 395 g/mol. The third-order valence-electron chi connectivity index (χ3n) is 5.68. The highest BCUT2D eigenvalue weighted by atomic mass is 16.3. The van der Waals surface area contributed by atoms with Crippen molar-refractivity contribution in [1.82, 2.24) is 14.5 Å². The molecule has 29 heavy (non-hydrogen) atoms. The molecule has 1 amide bonds. The second-order valence-electron chi connectivity index (χ2n) is 8.14. The highest BCUT2D eigenvalue weighted by Gasteiger charge is 2.34. The van der Waals surface area contributed by atoms with E-state index in [1.54, 1.807) is 6.92 Å². The van der Waals surface area contributed by atoms with E-state index in [1.807, 2.05) is 35.2 Å². The molecule has 1 aromatic carbocycles. The first-order valence-electron chi connectivity index (χ1n) is 10.0. The number of hydrogen-bond donors (Lipinski definition) is 1. The van der Waals surface area contributed by atoms with Crippen LogP contribution >= 0.6 is 0 Å². The Labute approximate surface area is 171 Å². The molecule has 154 valence electrons. The van der Waals surface area contributed by atoms with Gasteiger partial charge in [-0.15, -0.1) is 0 Å². The fourth-order valence-electron chi connectivity index (χ4n) is 3.72. The summed E-state index contributed by atoms with van der Waals surface area (Å²) in [6.45, 7) is 8.80. The highest BCUT2D eigenvalue weighted by Crippen LogP contribution is 2.26. The van der Waals surface area contributed by atoms with Gasteiger partial charge in [0.15, 0.2) is 0 Å². The lowest BCUT2D eigenvalue weighted by molar-refractivity contribution is -0.136. The Kier molecular flexibility index (Phi) is 6.33. The van der Waals surface area contributed by atoms with Gasteiger partial charge in [0.2, 0.25) is 5.91 Å². The fraction of sp³-hybridized carbons (Fsp3) is 0.435. The van der Waals surface area contributed by atoms with Crippen molar-refractivity contribution in [2.45, 2.75) is 51.2 Å². The Morgan fingerprint density at radius 1 is 1.28 bits per heavy atom. The Bertz CT molecular complexity index is 928. The zero-order valence-electron chi connectivity index (χ0n) is 17.2. The minimum Gasteiger partial charge on any atom is -0.388 e. The van der Waals surface area contributed by atoms with Gasteiger partial charge < -0.3 is 10.0 Å². The first kappa shape index (κ1) is 21.0. The Morgan fingerprint density at radius 2 is 1.93 bits per heavy atom. The van der Waals surface area contributed by atoms with E-state index in [1.165, 1.54) is 17.0 Å². The number of aliphatic hydroxyl groups is 1. The molecule has 1 aliphatic rings. The molecule has 0 spiro atoms. The number of nitrogens with zero attached hydrogens (tertiary/aromatic N) is 3. The molecule has 1 atom stereocenters. The molecule has 1 aromatic heterocycles. The van der Waals surface area contributed by atoms with E-state index < -0.39 is 5.60 Å². The molecular formula is C23H29N3O3. The van der Waals surface area contributed by atoms with E-state index in [0.29, 0.717) is 38.0 Å². The number of likely N-dealkylation sites (tertiary alicyclic amines) is 1. The zero-order chi connectivity index (χ0) is 21.0. The van der Waals surface area contributed by atoms with Crippen LogP contribution in [-0.2, 0) is 11.3 Å². The van der Waals surface area contributed by atoms with E-state index in [2.05, 4.69) is 18.5 Å². The first-order chi connectivity index (χ1) is 13.8. The van der Waals surface area contributed by atoms with Crippen LogP contribution in [0.2, 0.25) is 0 Å². The predicted octanol–water partition coefficient (Wildman–Crippen LogP) is 2.82. The molecule has 1 N–H and O–H groups in total. The molecule has 2 aromatic rings. The quantitative estimate of drug-likeness (QED) is 0.816. The molecule has 1 saturated heterocycles. The fourth-order valence-corrected chi connectivity index (χ4v) is 3.72. The highest BCUT2D eigenvalue weighted by molar-refractivity contribution is 5.77. The molecule has 0 saturated carbocycles. The largest absolute Gasteiger partial charge is 0.388 e. The van der Waals surface area contributed by atoms with Crippen LogP contribution in [0.4, 0.5) is 0 Å². The van der Waals surface area contributed by atoms with Crippen LogP contribution in [0.5, 0.6) is 0 Å². The third-order valence-corrected chi connectivity index (χ3v) is 5.68. The Balaban J connectivity index is 1.57. The van der Waals surface area contributed by atoms with Gasteiger partial charge in [-0.05, 0) is 36.8 Å². The van der Waals surface area contributed by atoms with Gasteiger partial charge in [0.25, 0.3) is 5.56 Å². The molecule has 1 unspecified atom stereocenters. The minimum absolute atomic E-state index is 0.105. The van der Waals surface area contributed by atoms with E-state index in [-0.39, 0.29) is 23.9 Å². The van der Waals surface area contributed by atoms with Crippen LogP contribution in [0.1, 0.15) is 50.3 Å². The van der Waals surface area contributed by atoms with Crippen LogP contribution in [0.15, 0.2) is 54.1 Å². The number of hydrogen-bond acceptors (Lipinski definition) is 4. The number of aromatic nitrogens is 2. The van der Waals surface area contributed by atoms with Crippen molar-refractivity contribution in [1.29, 1.82) is 0 Å². The average Bonchev–Trinajstić information content (AvgIpc) is 2.70. The van der Waals surface area contributed by atoms with Crippen LogP contribution in [0, 0.1) is 0 Å². The molecule has 2 heterocycles. The maximum absolute atomic E-state index is 12.7. The maximum atomic E-state index is 12.7. The standard InChI is InChI=1S/C23H29N3O3/c1-17(2)20-14-22(28)26(16-24-20)15-23(29)9-11-25(12-10-23)21(27)13-18(3)19-7-5-4-6-8-19/h4-8,14,16,18,29H,1,9-13,15H2,2-3H3. The maximum Gasteiger partial charge on any atom is 0.253 e. The van der Waals surface area contributed by atoms with Gasteiger partial charge in [0.1, 0.15) is 0 Å². The summed E-state index contributed by atoms with van der Waals surface area (Å²) in [7, 11) is 0. The minimum atomic E-state index is -1.02. The number of piperidine rings is 1. The summed E-state index contributed by atoms with van der Waals surface area (Å²) >= 11 is 0. The van der Waals surface area contributed by atoms with Crippen molar-refractivity contribution in [3.05, 3.63) is 70.9 Å². The van der Waals surface area contributed by atoms with Gasteiger partial charge in [-0.3, -0.25) is 14.2 Å². The molecule has 1 fully saturated rings. The van der Waals surface area contributed by atoms with Crippen molar-refractivity contribution in [3.63, 3.8) is 0 Å². The first-order valence-corrected chi connectivity index (χ1v) is 10.0. The second kappa shape index (κ2) is 8.74. The topological polar surface area (TPSA) is 75.4 Å². The van der Waals surface area contributed by atoms with Crippen molar-refractivity contribution >= 4 is 11.5 Å². The van der Waals surface area contributed by atoms with Crippen LogP contribution in [0.25, 0.3) is 5.57 Å². The predicted molar refractivity (Wildman–Crippen MR) is 113 cm³/mol. The molecule has 0 radical (unpaired) electrons. The third kappa shape index (κ3) is 5.21. The van der Waals surface area contributed by atoms with Crippen molar-refractivity contribution < 1.29 is 9.90 Å². The summed E-state index contributed by atoms with van der Waals surface area (Å²) in [6, 6.07) is 11.5. The SMILES string of the molecule is C=C(C)c1cc(=O)n(CC2(O)CCN(C(=O)CC(C)c3ccccc3)CC2)cn1. The molecule has 0 aliphatic carbocycles. The molecule has 0 bridgehead atoms. The van der Waals surface area contributed by atoms with Crippen molar-refractivity contribution in [2.24, 2.45) is 0 Å². The van der Waals surface area contributed by atoms with Crippen LogP contribution in [0.3, 0.4) is 0 Å². The Hall–Kier alpha value is -2.73. The number of rotatable bonds is 6. The lowest BCUT2D eigenvalue weighted by Crippen LogP contribution is -2.49. The van der Waals surface area contributed by atoms with Crippen molar-refractivity contribution in [3.8, 4) is 0 Å². The summed E-state index contributed by atoms with van der Waals surface area (Å²) in [5.74, 6) is 0.258. The average molecular weight is 396 g/mol. The summed E-state index contributed by atoms with van der Waals surface area (Å²) in [4.78, 5) is 31.0. The van der Waals surface area contributed by atoms with Crippen LogP contribution in [-0.4, -0.2) is 44.2 Å². The number of carbonyl (C=O) groups is 1.